The van der Waals surface area contributed by atoms with E-state index in [1.54, 1.807) is 36.3 Å². The van der Waals surface area contributed by atoms with E-state index >= 15 is 0 Å². The zero-order valence-electron chi connectivity index (χ0n) is 24.7. The Morgan fingerprint density at radius 1 is 1.09 bits per heavy atom. The van der Waals surface area contributed by atoms with Gasteiger partial charge >= 0.3 is 0 Å². The van der Waals surface area contributed by atoms with Crippen LogP contribution in [0, 0.1) is 16.0 Å². The molecule has 4 aromatic carbocycles. The Labute approximate surface area is 274 Å². The van der Waals surface area contributed by atoms with E-state index in [1.807, 2.05) is 30.3 Å². The SMILES string of the molecule is CNC(C)(C(N)=O)[C@@H]1CN(C(=O)c2ccc([N+](=O)[O-])cc2)c2ccccc2N(Cc2c(OC)ccc3cc(Br)ccc23)C1=O.Cl. The predicted octanol–water partition coefficient (Wildman–Crippen LogP) is 5.21. The maximum Gasteiger partial charge on any atom is 0.269 e. The number of rotatable bonds is 8. The van der Waals surface area contributed by atoms with Gasteiger partial charge < -0.3 is 25.6 Å². The minimum Gasteiger partial charge on any atom is -0.496 e. The van der Waals surface area contributed by atoms with Gasteiger partial charge in [-0.3, -0.25) is 24.5 Å². The summed E-state index contributed by atoms with van der Waals surface area (Å²) < 4.78 is 6.62. The molecule has 1 heterocycles. The molecule has 0 radical (unpaired) electrons. The lowest BCUT2D eigenvalue weighted by atomic mass is 9.83. The molecular formula is C32H31BrClN5O6. The molecule has 4 aromatic rings. The van der Waals surface area contributed by atoms with Gasteiger partial charge in [0.05, 0.1) is 35.9 Å². The van der Waals surface area contributed by atoms with Crippen LogP contribution in [0.15, 0.2) is 83.3 Å². The van der Waals surface area contributed by atoms with Crippen molar-refractivity contribution in [2.45, 2.75) is 19.0 Å². The first-order valence-electron chi connectivity index (χ1n) is 13.7. The Hall–Kier alpha value is -4.52. The highest BCUT2D eigenvalue weighted by molar-refractivity contribution is 9.10. The van der Waals surface area contributed by atoms with Gasteiger partial charge in [0, 0.05) is 34.3 Å². The number of carbonyl (C=O) groups excluding carboxylic acids is 3. The number of carbonyl (C=O) groups is 3. The highest BCUT2D eigenvalue weighted by Gasteiger charge is 2.49. The molecule has 3 amide bonds. The molecule has 1 unspecified atom stereocenters. The summed E-state index contributed by atoms with van der Waals surface area (Å²) in [5, 5.41) is 15.9. The van der Waals surface area contributed by atoms with Crippen LogP contribution in [-0.4, -0.2) is 48.9 Å². The number of methoxy groups -OCH3 is 1. The first-order chi connectivity index (χ1) is 21.0. The number of nitrogens with one attached hydrogen (secondary N) is 1. The molecule has 5 rings (SSSR count). The van der Waals surface area contributed by atoms with Crippen molar-refractivity contribution in [2.24, 2.45) is 11.7 Å². The number of nitro benzene ring substituents is 1. The molecule has 2 atom stereocenters. The molecule has 0 saturated carbocycles. The second kappa shape index (κ2) is 13.2. The van der Waals surface area contributed by atoms with Crippen LogP contribution in [0.3, 0.4) is 0 Å². The average Bonchev–Trinajstić information content (AvgIpc) is 3.14. The summed E-state index contributed by atoms with van der Waals surface area (Å²) in [5.41, 5.74) is 5.95. The normalized spacial score (nSPS) is 15.8. The van der Waals surface area contributed by atoms with Crippen molar-refractivity contribution < 1.29 is 24.0 Å². The zero-order chi connectivity index (χ0) is 31.8. The summed E-state index contributed by atoms with van der Waals surface area (Å²) in [5.74, 6) is -2.24. The minimum absolute atomic E-state index is 0. The number of benzene rings is 4. The second-order valence-electron chi connectivity index (χ2n) is 10.6. The number of fused-ring (bicyclic) bond motifs is 2. The third-order valence-electron chi connectivity index (χ3n) is 8.28. The number of hydrogen-bond acceptors (Lipinski definition) is 7. The summed E-state index contributed by atoms with van der Waals surface area (Å²) in [4.78, 5) is 55.3. The number of para-hydroxylation sites is 2. The number of ether oxygens (including phenoxy) is 1. The standard InChI is InChI=1S/C32H30BrN5O6.ClH/c1-32(35-2,31(34)41)25-18-37(29(39)19-8-12-22(13-9-19)38(42)43)27-7-5-4-6-26(27)36(30(25)40)17-24-23-14-11-21(33)16-20(23)10-15-28(24)44-3;/h4-16,25,35H,17-18H2,1-3H3,(H2,34,41);1H/t25-,32?;/m1./s1. The number of nitrogens with zero attached hydrogens (tertiary/aromatic N) is 3. The molecule has 13 heteroatoms. The molecule has 45 heavy (non-hydrogen) atoms. The van der Waals surface area contributed by atoms with Crippen molar-refractivity contribution >= 4 is 73.9 Å². The van der Waals surface area contributed by atoms with Crippen LogP contribution in [0.4, 0.5) is 17.1 Å². The molecule has 0 saturated heterocycles. The maximum atomic E-state index is 14.7. The van der Waals surface area contributed by atoms with Crippen molar-refractivity contribution in [2.75, 3.05) is 30.5 Å². The van der Waals surface area contributed by atoms with Crippen LogP contribution in [0.2, 0.25) is 0 Å². The van der Waals surface area contributed by atoms with Gasteiger partial charge in [0.25, 0.3) is 11.6 Å². The number of anilines is 2. The van der Waals surface area contributed by atoms with Gasteiger partial charge in [0.1, 0.15) is 11.3 Å². The van der Waals surface area contributed by atoms with Gasteiger partial charge in [-0.25, -0.2) is 0 Å². The molecule has 11 nitrogen and oxygen atoms in total. The summed E-state index contributed by atoms with van der Waals surface area (Å²) in [6, 6.07) is 21.8. The van der Waals surface area contributed by atoms with Crippen LogP contribution in [0.25, 0.3) is 10.8 Å². The van der Waals surface area contributed by atoms with Gasteiger partial charge in [-0.05, 0) is 67.2 Å². The number of halogens is 2. The van der Waals surface area contributed by atoms with Gasteiger partial charge in [0.2, 0.25) is 11.8 Å². The van der Waals surface area contributed by atoms with E-state index in [1.165, 1.54) is 43.1 Å². The van der Waals surface area contributed by atoms with Gasteiger partial charge in [-0.1, -0.05) is 40.2 Å². The van der Waals surface area contributed by atoms with E-state index in [4.69, 9.17) is 10.5 Å². The lowest BCUT2D eigenvalue weighted by Crippen LogP contribution is -2.63. The fourth-order valence-corrected chi connectivity index (χ4v) is 5.96. The van der Waals surface area contributed by atoms with Crippen LogP contribution in [-0.2, 0) is 16.1 Å². The number of hydrogen-bond donors (Lipinski definition) is 2. The Morgan fingerprint density at radius 2 is 1.76 bits per heavy atom. The monoisotopic (exact) mass is 695 g/mol. The van der Waals surface area contributed by atoms with Crippen molar-refractivity contribution in [3.63, 3.8) is 0 Å². The van der Waals surface area contributed by atoms with E-state index in [9.17, 15) is 24.5 Å². The summed E-state index contributed by atoms with van der Waals surface area (Å²) in [6.45, 7) is 1.41. The average molecular weight is 697 g/mol. The topological polar surface area (TPSA) is 148 Å². The summed E-state index contributed by atoms with van der Waals surface area (Å²) in [6.07, 6.45) is 0. The third kappa shape index (κ3) is 6.08. The Balaban J connectivity index is 0.00000461. The fourth-order valence-electron chi connectivity index (χ4n) is 5.58. The number of amides is 3. The molecule has 0 aliphatic carbocycles. The molecule has 3 N–H and O–H groups in total. The molecule has 234 valence electrons. The van der Waals surface area contributed by atoms with E-state index in [0.29, 0.717) is 17.1 Å². The van der Waals surface area contributed by atoms with Gasteiger partial charge in [0.15, 0.2) is 0 Å². The molecule has 0 aromatic heterocycles. The van der Waals surface area contributed by atoms with Gasteiger partial charge in [-0.15, -0.1) is 12.4 Å². The van der Waals surface area contributed by atoms with Crippen LogP contribution < -0.4 is 25.6 Å². The largest absolute Gasteiger partial charge is 0.496 e. The number of non-ortho nitro benzene ring substituents is 1. The molecular weight excluding hydrogens is 666 g/mol. The Kier molecular flexibility index (Phi) is 9.81. The Bertz CT molecular complexity index is 1800. The van der Waals surface area contributed by atoms with Crippen LogP contribution in [0.5, 0.6) is 5.75 Å². The minimum atomic E-state index is -1.54. The predicted molar refractivity (Wildman–Crippen MR) is 178 cm³/mol. The lowest BCUT2D eigenvalue weighted by Gasteiger charge is -2.36. The van der Waals surface area contributed by atoms with Crippen molar-refractivity contribution in [3.8, 4) is 5.75 Å². The highest BCUT2D eigenvalue weighted by atomic mass is 79.9. The van der Waals surface area contributed by atoms with E-state index < -0.39 is 34.1 Å². The highest BCUT2D eigenvalue weighted by Crippen LogP contribution is 2.40. The smallest absolute Gasteiger partial charge is 0.269 e. The van der Waals surface area contributed by atoms with Gasteiger partial charge in [-0.2, -0.15) is 0 Å². The fraction of sp³-hybridized carbons (Fsp3) is 0.219. The lowest BCUT2D eigenvalue weighted by molar-refractivity contribution is -0.384. The quantitative estimate of drug-likeness (QED) is 0.190. The zero-order valence-corrected chi connectivity index (χ0v) is 27.1. The number of primary amides is 1. The van der Waals surface area contributed by atoms with Crippen molar-refractivity contribution in [3.05, 3.63) is 105 Å². The summed E-state index contributed by atoms with van der Waals surface area (Å²) in [7, 11) is 3.09. The number of likely N-dealkylation sites (N-methyl/N-ethyl adjacent to an activating group) is 1. The van der Waals surface area contributed by atoms with E-state index in [2.05, 4.69) is 21.2 Å². The molecule has 0 bridgehead atoms. The van der Waals surface area contributed by atoms with E-state index in [0.717, 1.165) is 20.8 Å². The number of nitro groups is 1. The first-order valence-corrected chi connectivity index (χ1v) is 14.5. The van der Waals surface area contributed by atoms with E-state index in [-0.39, 0.29) is 36.7 Å². The molecule has 0 spiro atoms. The first kappa shape index (κ1) is 33.4. The van der Waals surface area contributed by atoms with Crippen LogP contribution >= 0.6 is 28.3 Å². The summed E-state index contributed by atoms with van der Waals surface area (Å²) >= 11 is 3.52. The van der Waals surface area contributed by atoms with Crippen molar-refractivity contribution in [1.29, 1.82) is 0 Å². The Morgan fingerprint density at radius 3 is 2.36 bits per heavy atom. The molecule has 1 aliphatic rings. The molecule has 0 fully saturated rings. The molecule has 1 aliphatic heterocycles. The second-order valence-corrected chi connectivity index (χ2v) is 11.5. The maximum absolute atomic E-state index is 14.7. The van der Waals surface area contributed by atoms with Crippen LogP contribution in [0.1, 0.15) is 22.8 Å². The third-order valence-corrected chi connectivity index (χ3v) is 8.77. The number of nitrogens with two attached hydrogens (primary N) is 1. The van der Waals surface area contributed by atoms with Crippen molar-refractivity contribution in [1.82, 2.24) is 5.32 Å².